The molecule has 2 nitrogen and oxygen atoms in total. The van der Waals surface area contributed by atoms with Gasteiger partial charge in [-0.25, -0.2) is 4.98 Å². The number of allylic oxidation sites excluding steroid dienone is 3. The second kappa shape index (κ2) is 5.73. The number of pyridine rings is 1. The van der Waals surface area contributed by atoms with E-state index in [1.165, 1.54) is 0 Å². The first-order chi connectivity index (χ1) is 7.08. The van der Waals surface area contributed by atoms with Crippen LogP contribution in [0.25, 0.3) is 0 Å². The summed E-state index contributed by atoms with van der Waals surface area (Å²) in [4.78, 5) is 3.84. The van der Waals surface area contributed by atoms with Crippen LogP contribution in [0.4, 0.5) is 0 Å². The van der Waals surface area contributed by atoms with Crippen molar-refractivity contribution < 1.29 is 4.74 Å². The van der Waals surface area contributed by atoms with Gasteiger partial charge in [0.1, 0.15) is 16.7 Å². The van der Waals surface area contributed by atoms with Crippen LogP contribution < -0.4 is 4.74 Å². The molecule has 1 rings (SSSR count). The molecule has 0 fully saturated rings. The SMILES string of the molecule is C=C(Br)/C=C\C(=C)Oc1ccnc(Cl)c1. The van der Waals surface area contributed by atoms with Crippen molar-refractivity contribution in [2.24, 2.45) is 0 Å². The van der Waals surface area contributed by atoms with Gasteiger partial charge >= 0.3 is 0 Å². The molecule has 0 N–H and O–H groups in total. The van der Waals surface area contributed by atoms with E-state index in [9.17, 15) is 0 Å². The van der Waals surface area contributed by atoms with E-state index in [4.69, 9.17) is 16.3 Å². The normalized spacial score (nSPS) is 10.3. The summed E-state index contributed by atoms with van der Waals surface area (Å²) in [5.74, 6) is 1.10. The van der Waals surface area contributed by atoms with Gasteiger partial charge in [-0.3, -0.25) is 0 Å². The Morgan fingerprint density at radius 2 is 2.20 bits per heavy atom. The number of rotatable bonds is 4. The molecule has 0 saturated heterocycles. The number of hydrogen-bond donors (Lipinski definition) is 0. The average molecular weight is 287 g/mol. The van der Waals surface area contributed by atoms with Crippen LogP contribution in [0.5, 0.6) is 5.75 Å². The molecule has 0 atom stereocenters. The molecule has 1 heterocycles. The van der Waals surface area contributed by atoms with Gasteiger partial charge in [0.05, 0.1) is 0 Å². The average Bonchev–Trinajstić information content (AvgIpc) is 2.15. The van der Waals surface area contributed by atoms with Crippen LogP contribution in [-0.4, -0.2) is 4.98 Å². The first-order valence-corrected chi connectivity index (χ1v) is 5.26. The van der Waals surface area contributed by atoms with E-state index in [1.54, 1.807) is 30.5 Å². The second-order valence-electron chi connectivity index (χ2n) is 2.66. The van der Waals surface area contributed by atoms with Crippen molar-refractivity contribution in [3.63, 3.8) is 0 Å². The molecule has 0 saturated carbocycles. The van der Waals surface area contributed by atoms with Crippen molar-refractivity contribution in [3.8, 4) is 5.75 Å². The van der Waals surface area contributed by atoms with Gasteiger partial charge < -0.3 is 4.74 Å². The Bertz CT molecular complexity index is 415. The summed E-state index contributed by atoms with van der Waals surface area (Å²) in [5.41, 5.74) is 0. The zero-order valence-corrected chi connectivity index (χ0v) is 10.3. The molecule has 0 aliphatic carbocycles. The smallest absolute Gasteiger partial charge is 0.132 e. The monoisotopic (exact) mass is 285 g/mol. The van der Waals surface area contributed by atoms with Gasteiger partial charge in [0.2, 0.25) is 0 Å². The second-order valence-corrected chi connectivity index (χ2v) is 4.07. The highest BCUT2D eigenvalue weighted by Gasteiger charge is 1.96. The van der Waals surface area contributed by atoms with Crippen LogP contribution in [0.3, 0.4) is 0 Å². The standard InChI is InChI=1S/C11H9BrClNO/c1-8(12)3-4-9(2)15-10-5-6-14-11(13)7-10/h3-7H,1-2H2/b4-3-. The summed E-state index contributed by atoms with van der Waals surface area (Å²) in [6.45, 7) is 7.37. The van der Waals surface area contributed by atoms with Gasteiger partial charge in [-0.15, -0.1) is 0 Å². The lowest BCUT2D eigenvalue weighted by Gasteiger charge is -2.04. The number of aromatic nitrogens is 1. The Morgan fingerprint density at radius 3 is 2.80 bits per heavy atom. The molecule has 0 amide bonds. The minimum atomic E-state index is 0.384. The maximum Gasteiger partial charge on any atom is 0.132 e. The topological polar surface area (TPSA) is 22.1 Å². The van der Waals surface area contributed by atoms with Gasteiger partial charge in [0, 0.05) is 16.7 Å². The van der Waals surface area contributed by atoms with Crippen molar-refractivity contribution >= 4 is 27.5 Å². The van der Waals surface area contributed by atoms with E-state index in [2.05, 4.69) is 34.1 Å². The molecule has 1 aromatic heterocycles. The summed E-state index contributed by atoms with van der Waals surface area (Å²) < 4.78 is 6.13. The van der Waals surface area contributed by atoms with E-state index < -0.39 is 0 Å². The highest BCUT2D eigenvalue weighted by Crippen LogP contribution is 2.17. The van der Waals surface area contributed by atoms with Crippen molar-refractivity contribution in [1.29, 1.82) is 0 Å². The van der Waals surface area contributed by atoms with Crippen LogP contribution in [0.15, 0.2) is 53.9 Å². The maximum absolute atomic E-state index is 5.70. The third-order valence-electron chi connectivity index (χ3n) is 1.40. The van der Waals surface area contributed by atoms with Crippen molar-refractivity contribution in [1.82, 2.24) is 4.98 Å². The van der Waals surface area contributed by atoms with E-state index >= 15 is 0 Å². The number of hydrogen-bond acceptors (Lipinski definition) is 2. The van der Waals surface area contributed by atoms with Crippen LogP contribution >= 0.6 is 27.5 Å². The fourth-order valence-corrected chi connectivity index (χ4v) is 1.11. The largest absolute Gasteiger partial charge is 0.458 e. The van der Waals surface area contributed by atoms with Gasteiger partial charge in [-0.1, -0.05) is 40.7 Å². The summed E-state index contributed by atoms with van der Waals surface area (Å²) in [6.07, 6.45) is 5.01. The molecular formula is C11H9BrClNO. The number of nitrogens with zero attached hydrogens (tertiary/aromatic N) is 1. The van der Waals surface area contributed by atoms with Crippen LogP contribution in [-0.2, 0) is 0 Å². The number of ether oxygens (including phenoxy) is 1. The zero-order chi connectivity index (χ0) is 11.3. The highest BCUT2D eigenvalue weighted by atomic mass is 79.9. The molecule has 1 aromatic rings. The molecule has 0 unspecified atom stereocenters. The fourth-order valence-electron chi connectivity index (χ4n) is 0.817. The maximum atomic E-state index is 5.70. The molecule has 78 valence electrons. The highest BCUT2D eigenvalue weighted by molar-refractivity contribution is 9.11. The molecular weight excluding hydrogens is 277 g/mol. The van der Waals surface area contributed by atoms with Crippen LogP contribution in [0.1, 0.15) is 0 Å². The van der Waals surface area contributed by atoms with E-state index in [0.29, 0.717) is 16.7 Å². The summed E-state index contributed by atoms with van der Waals surface area (Å²) in [6, 6.07) is 3.32. The van der Waals surface area contributed by atoms with Crippen molar-refractivity contribution in [3.05, 3.63) is 59.0 Å². The minimum Gasteiger partial charge on any atom is -0.458 e. The molecule has 15 heavy (non-hydrogen) atoms. The first kappa shape index (κ1) is 12.0. The first-order valence-electron chi connectivity index (χ1n) is 4.09. The van der Waals surface area contributed by atoms with Gasteiger partial charge in [-0.2, -0.15) is 0 Å². The molecule has 0 radical (unpaired) electrons. The third-order valence-corrected chi connectivity index (χ3v) is 1.87. The quantitative estimate of drug-likeness (QED) is 0.472. The Kier molecular flexibility index (Phi) is 4.59. The Morgan fingerprint density at radius 1 is 1.47 bits per heavy atom. The van der Waals surface area contributed by atoms with Crippen molar-refractivity contribution in [2.75, 3.05) is 0 Å². The molecule has 0 bridgehead atoms. The van der Waals surface area contributed by atoms with E-state index in [0.717, 1.165) is 4.48 Å². The Labute approximate surface area is 102 Å². The summed E-state index contributed by atoms with van der Waals surface area (Å²) in [5, 5.41) is 0.384. The Hall–Kier alpha value is -1.06. The third kappa shape index (κ3) is 4.81. The van der Waals surface area contributed by atoms with Gasteiger partial charge in [-0.05, 0) is 18.2 Å². The number of halogens is 2. The lowest BCUT2D eigenvalue weighted by Crippen LogP contribution is -1.90. The lowest BCUT2D eigenvalue weighted by molar-refractivity contribution is 0.446. The van der Waals surface area contributed by atoms with Gasteiger partial charge in [0.25, 0.3) is 0 Å². The molecule has 0 spiro atoms. The van der Waals surface area contributed by atoms with Gasteiger partial charge in [0.15, 0.2) is 0 Å². The van der Waals surface area contributed by atoms with Crippen LogP contribution in [0, 0.1) is 0 Å². The predicted octanol–water partition coefficient (Wildman–Crippen LogP) is 4.09. The minimum absolute atomic E-state index is 0.384. The zero-order valence-electron chi connectivity index (χ0n) is 7.91. The molecule has 0 aliphatic heterocycles. The molecule has 4 heteroatoms. The predicted molar refractivity (Wildman–Crippen MR) is 66.2 cm³/mol. The van der Waals surface area contributed by atoms with E-state index in [1.807, 2.05) is 0 Å². The molecule has 0 aliphatic rings. The fraction of sp³-hybridized carbons (Fsp3) is 0. The summed E-state index contributed by atoms with van der Waals surface area (Å²) in [7, 11) is 0. The summed E-state index contributed by atoms with van der Waals surface area (Å²) >= 11 is 8.89. The Balaban J connectivity index is 2.63. The van der Waals surface area contributed by atoms with Crippen molar-refractivity contribution in [2.45, 2.75) is 0 Å². The van der Waals surface area contributed by atoms with E-state index in [-0.39, 0.29) is 0 Å². The van der Waals surface area contributed by atoms with Crippen LogP contribution in [0.2, 0.25) is 5.15 Å². The molecule has 0 aromatic carbocycles. The lowest BCUT2D eigenvalue weighted by atomic mass is 10.4.